The summed E-state index contributed by atoms with van der Waals surface area (Å²) in [6.45, 7) is 9.41. The fraction of sp³-hybridized carbons (Fsp3) is 0.348. The summed E-state index contributed by atoms with van der Waals surface area (Å²) in [7, 11) is 0. The van der Waals surface area contributed by atoms with Crippen molar-refractivity contribution in [3.8, 4) is 17.1 Å². The van der Waals surface area contributed by atoms with Gasteiger partial charge >= 0.3 is 0 Å². The van der Waals surface area contributed by atoms with E-state index in [2.05, 4.69) is 41.7 Å². The Kier molecular flexibility index (Phi) is 6.72. The normalized spacial score (nSPS) is 11.8. The highest BCUT2D eigenvalue weighted by atomic mass is 16.5. The molecule has 0 amide bonds. The van der Waals surface area contributed by atoms with Gasteiger partial charge in [0.2, 0.25) is 5.88 Å². The molecule has 0 saturated carbocycles. The number of anilines is 1. The van der Waals surface area contributed by atoms with Gasteiger partial charge in [-0.1, -0.05) is 6.92 Å². The second kappa shape index (κ2) is 9.43. The quantitative estimate of drug-likeness (QED) is 0.453. The van der Waals surface area contributed by atoms with Crippen molar-refractivity contribution in [3.05, 3.63) is 47.9 Å². The molecule has 0 aromatic carbocycles. The lowest BCUT2D eigenvalue weighted by atomic mass is 10.1. The van der Waals surface area contributed by atoms with Crippen molar-refractivity contribution < 1.29 is 4.74 Å². The smallest absolute Gasteiger partial charge is 0.222 e. The Hall–Kier alpha value is -3.35. The summed E-state index contributed by atoms with van der Waals surface area (Å²) in [6, 6.07) is 8.32. The molecule has 0 unspecified atom stereocenters. The molecule has 3 aromatic heterocycles. The first-order chi connectivity index (χ1) is 14.5. The van der Waals surface area contributed by atoms with Crippen LogP contribution in [0.3, 0.4) is 0 Å². The van der Waals surface area contributed by atoms with Gasteiger partial charge in [-0.2, -0.15) is 0 Å². The van der Waals surface area contributed by atoms with Gasteiger partial charge in [-0.25, -0.2) is 9.97 Å². The molecule has 0 fully saturated rings. The maximum Gasteiger partial charge on any atom is 0.222 e. The lowest BCUT2D eigenvalue weighted by molar-refractivity contribution is 0.328. The Balaban J connectivity index is 2.22. The number of aryl methyl sites for hydroxylation is 1. The first-order valence-electron chi connectivity index (χ1n) is 10.3. The van der Waals surface area contributed by atoms with E-state index in [0.29, 0.717) is 24.7 Å². The molecule has 0 aliphatic heterocycles. The maximum atomic E-state index is 7.23. The van der Waals surface area contributed by atoms with E-state index in [9.17, 15) is 0 Å². The zero-order valence-corrected chi connectivity index (χ0v) is 18.1. The molecule has 0 radical (unpaired) electrons. The highest BCUT2D eigenvalue weighted by Gasteiger charge is 2.18. The fourth-order valence-corrected chi connectivity index (χ4v) is 3.62. The summed E-state index contributed by atoms with van der Waals surface area (Å²) in [5, 5.41) is 10.7. The van der Waals surface area contributed by atoms with Gasteiger partial charge in [0.1, 0.15) is 0 Å². The summed E-state index contributed by atoms with van der Waals surface area (Å²) in [5.74, 6) is 0.569. The molecule has 3 rings (SSSR count). The van der Waals surface area contributed by atoms with Crippen molar-refractivity contribution >= 4 is 22.9 Å². The van der Waals surface area contributed by atoms with Gasteiger partial charge in [-0.15, -0.1) is 0 Å². The van der Waals surface area contributed by atoms with Crippen LogP contribution in [0.25, 0.3) is 22.3 Å². The number of allylic oxidation sites excluding steroid dienone is 1. The van der Waals surface area contributed by atoms with Gasteiger partial charge in [0, 0.05) is 29.8 Å². The fourth-order valence-electron chi connectivity index (χ4n) is 3.62. The second-order valence-corrected chi connectivity index (χ2v) is 7.29. The van der Waals surface area contributed by atoms with Gasteiger partial charge in [-0.05, 0) is 57.5 Å². The first kappa shape index (κ1) is 21.4. The molecule has 3 aromatic rings. The molecule has 3 heterocycles. The lowest BCUT2D eigenvalue weighted by Crippen LogP contribution is -2.14. The molecule has 0 bridgehead atoms. The molecular weight excluding hydrogens is 376 g/mol. The summed E-state index contributed by atoms with van der Waals surface area (Å²) < 4.78 is 8.05. The van der Waals surface area contributed by atoms with Gasteiger partial charge in [-0.3, -0.25) is 0 Å². The lowest BCUT2D eigenvalue weighted by Gasteiger charge is -2.18. The predicted molar refractivity (Wildman–Crippen MR) is 123 cm³/mol. The third kappa shape index (κ3) is 4.30. The first-order valence-corrected chi connectivity index (χ1v) is 10.3. The minimum Gasteiger partial charge on any atom is -0.477 e. The van der Waals surface area contributed by atoms with Gasteiger partial charge < -0.3 is 25.8 Å². The van der Waals surface area contributed by atoms with Crippen molar-refractivity contribution in [2.45, 2.75) is 40.2 Å². The third-order valence-electron chi connectivity index (χ3n) is 4.86. The molecule has 30 heavy (non-hydrogen) atoms. The van der Waals surface area contributed by atoms with Crippen LogP contribution in [0.2, 0.25) is 0 Å². The highest BCUT2D eigenvalue weighted by molar-refractivity contribution is 5.93. The number of nitrogens with one attached hydrogen (secondary N) is 2. The van der Waals surface area contributed by atoms with Gasteiger partial charge in [0.05, 0.1) is 41.1 Å². The molecule has 0 saturated heterocycles. The number of nitrogens with zero attached hydrogens (tertiary/aromatic N) is 3. The molecule has 0 atom stereocenters. The molecule has 0 aliphatic rings. The van der Waals surface area contributed by atoms with Crippen molar-refractivity contribution in [2.24, 2.45) is 5.73 Å². The number of hydrogen-bond donors (Lipinski definition) is 3. The van der Waals surface area contributed by atoms with E-state index in [1.165, 1.54) is 11.9 Å². The monoisotopic (exact) mass is 406 g/mol. The van der Waals surface area contributed by atoms with Crippen LogP contribution in [-0.2, 0) is 6.42 Å². The van der Waals surface area contributed by atoms with Crippen molar-refractivity contribution in [1.29, 1.82) is 5.41 Å². The highest BCUT2D eigenvalue weighted by Crippen LogP contribution is 2.35. The van der Waals surface area contributed by atoms with Gasteiger partial charge in [0.15, 0.2) is 0 Å². The van der Waals surface area contributed by atoms with Crippen LogP contribution in [-0.4, -0.2) is 33.9 Å². The van der Waals surface area contributed by atoms with Crippen LogP contribution < -0.4 is 15.8 Å². The summed E-state index contributed by atoms with van der Waals surface area (Å²) in [6.07, 6.45) is 5.41. The van der Waals surface area contributed by atoms with E-state index in [1.807, 2.05) is 25.1 Å². The van der Waals surface area contributed by atoms with Crippen LogP contribution in [0.4, 0.5) is 5.69 Å². The molecule has 158 valence electrons. The Morgan fingerprint density at radius 1 is 1.33 bits per heavy atom. The number of ether oxygens (including phenoxy) is 1. The van der Waals surface area contributed by atoms with Crippen LogP contribution in [0.5, 0.6) is 5.88 Å². The Morgan fingerprint density at radius 2 is 2.13 bits per heavy atom. The molecule has 0 aliphatic carbocycles. The average Bonchev–Trinajstić information content (AvgIpc) is 3.12. The van der Waals surface area contributed by atoms with Crippen LogP contribution in [0.15, 0.2) is 42.2 Å². The summed E-state index contributed by atoms with van der Waals surface area (Å²) in [5.41, 5.74) is 12.4. The van der Waals surface area contributed by atoms with E-state index < -0.39 is 0 Å². The number of pyridine rings is 2. The third-order valence-corrected chi connectivity index (χ3v) is 4.86. The van der Waals surface area contributed by atoms with E-state index in [1.54, 1.807) is 12.3 Å². The standard InChI is InChI=1S/C23H30N6O/c1-5-17-12-21-22(29(17)15(3)4)20(27-14-16(25)9-10-24)13-19(28-21)18-8-7-11-26-23(18)30-6-2/h7-13,15,24H,5-6,14,25H2,1-4H3,(H,27,28). The zero-order valence-electron chi connectivity index (χ0n) is 18.1. The van der Waals surface area contributed by atoms with Crippen LogP contribution in [0.1, 0.15) is 39.4 Å². The number of rotatable bonds is 9. The maximum absolute atomic E-state index is 7.23. The molecular formula is C23H30N6O. The average molecular weight is 407 g/mol. The molecule has 7 nitrogen and oxygen atoms in total. The number of fused-ring (bicyclic) bond motifs is 1. The minimum atomic E-state index is 0.289. The van der Waals surface area contributed by atoms with Crippen molar-refractivity contribution in [1.82, 2.24) is 14.5 Å². The number of nitrogens with two attached hydrogens (primary N) is 1. The second-order valence-electron chi connectivity index (χ2n) is 7.29. The zero-order chi connectivity index (χ0) is 21.7. The number of aromatic nitrogens is 3. The SMILES string of the molecule is CCOc1ncccc1-c1cc(NCC(N)=CC=N)c2c(cc(CC)n2C(C)C)n1. The molecule has 0 spiro atoms. The Labute approximate surface area is 177 Å². The van der Waals surface area contributed by atoms with Crippen molar-refractivity contribution in [3.63, 3.8) is 0 Å². The van der Waals surface area contributed by atoms with E-state index in [-0.39, 0.29) is 6.04 Å². The summed E-state index contributed by atoms with van der Waals surface area (Å²) >= 11 is 0. The minimum absolute atomic E-state index is 0.289. The van der Waals surface area contributed by atoms with E-state index in [0.717, 1.165) is 34.4 Å². The van der Waals surface area contributed by atoms with E-state index in [4.69, 9.17) is 20.9 Å². The molecule has 7 heteroatoms. The Morgan fingerprint density at radius 3 is 2.80 bits per heavy atom. The predicted octanol–water partition coefficient (Wildman–Crippen LogP) is 4.54. The van der Waals surface area contributed by atoms with Crippen LogP contribution >= 0.6 is 0 Å². The van der Waals surface area contributed by atoms with E-state index >= 15 is 0 Å². The van der Waals surface area contributed by atoms with Crippen LogP contribution in [0, 0.1) is 5.41 Å². The van der Waals surface area contributed by atoms with Crippen molar-refractivity contribution in [2.75, 3.05) is 18.5 Å². The molecule has 4 N–H and O–H groups in total. The topological polar surface area (TPSA) is 102 Å². The summed E-state index contributed by atoms with van der Waals surface area (Å²) in [4.78, 5) is 9.34. The number of hydrogen-bond acceptors (Lipinski definition) is 6. The largest absolute Gasteiger partial charge is 0.477 e. The van der Waals surface area contributed by atoms with Gasteiger partial charge in [0.25, 0.3) is 0 Å². The Bertz CT molecular complexity index is 1070.